The molecule has 0 radical (unpaired) electrons. The van der Waals surface area contributed by atoms with Crippen LogP contribution >= 0.6 is 46.7 Å². The van der Waals surface area contributed by atoms with Crippen LogP contribution in [0.5, 0.6) is 0 Å². The number of carbonyl (C=O) groups excluding carboxylic acids is 4. The predicted molar refractivity (Wildman–Crippen MR) is 154 cm³/mol. The largest absolute Gasteiger partial charge is 0.448 e. The third kappa shape index (κ3) is 6.25. The van der Waals surface area contributed by atoms with Gasteiger partial charge in [0.05, 0.1) is 12.3 Å². The molecule has 1 aromatic heterocycles. The van der Waals surface area contributed by atoms with E-state index in [1.165, 1.54) is 46.3 Å². The lowest BCUT2D eigenvalue weighted by molar-refractivity contribution is -0.154. The van der Waals surface area contributed by atoms with Crippen molar-refractivity contribution in [2.24, 2.45) is 0 Å². The highest BCUT2D eigenvalue weighted by Crippen LogP contribution is 2.43. The fourth-order valence-electron chi connectivity index (χ4n) is 4.36. The zero-order chi connectivity index (χ0) is 28.1. The van der Waals surface area contributed by atoms with Crippen molar-refractivity contribution < 1.29 is 23.9 Å². The Morgan fingerprint density at radius 3 is 2.38 bits per heavy atom. The molecule has 2 aliphatic rings. The van der Waals surface area contributed by atoms with Crippen LogP contribution in [0.2, 0.25) is 0 Å². The van der Waals surface area contributed by atoms with Crippen molar-refractivity contribution in [2.45, 2.75) is 28.3 Å². The number of carbonyl (C=O) groups is 4. The highest BCUT2D eigenvalue weighted by Gasteiger charge is 2.54. The van der Waals surface area contributed by atoms with Crippen molar-refractivity contribution in [2.75, 3.05) is 17.4 Å². The molecular formula is C27H23ClN4O5S3. The van der Waals surface area contributed by atoms with Crippen molar-refractivity contribution in [3.05, 3.63) is 89.4 Å². The first-order valence-corrected chi connectivity index (χ1v) is 15.5. The molecule has 0 saturated carbocycles. The number of nitrogens with one attached hydrogen (secondary N) is 1. The number of ether oxygens (including phenoxy) is 1. The summed E-state index contributed by atoms with van der Waals surface area (Å²) >= 11 is 9.62. The van der Waals surface area contributed by atoms with Crippen LogP contribution < -0.4 is 5.32 Å². The number of benzene rings is 2. The summed E-state index contributed by atoms with van der Waals surface area (Å²) < 4.78 is 10.9. The Hall–Kier alpha value is -3.19. The summed E-state index contributed by atoms with van der Waals surface area (Å²) in [5.74, 6) is -1.52. The average Bonchev–Trinajstić information content (AvgIpc) is 3.51. The van der Waals surface area contributed by atoms with Crippen LogP contribution in [-0.4, -0.2) is 66.6 Å². The first-order valence-electron chi connectivity index (χ1n) is 12.2. The van der Waals surface area contributed by atoms with Gasteiger partial charge in [-0.1, -0.05) is 72.4 Å². The number of β-lactam (4-membered cyclic amide) rings is 1. The van der Waals surface area contributed by atoms with E-state index in [1.807, 2.05) is 60.7 Å². The van der Waals surface area contributed by atoms with E-state index >= 15 is 0 Å². The van der Waals surface area contributed by atoms with Gasteiger partial charge in [-0.3, -0.25) is 19.3 Å². The minimum absolute atomic E-state index is 0.171. The van der Waals surface area contributed by atoms with Gasteiger partial charge in [0.15, 0.2) is 16.2 Å². The number of esters is 1. The molecule has 2 aromatic carbocycles. The molecule has 0 aliphatic carbocycles. The van der Waals surface area contributed by atoms with Gasteiger partial charge < -0.3 is 10.1 Å². The number of thioether (sulfide) groups is 2. The molecule has 1 saturated heterocycles. The molecule has 13 heteroatoms. The molecule has 0 bridgehead atoms. The highest BCUT2D eigenvalue weighted by atomic mass is 35.5. The molecule has 3 heterocycles. The number of aromatic nitrogens is 2. The molecule has 3 aromatic rings. The smallest absolute Gasteiger partial charge is 0.356 e. The second kappa shape index (κ2) is 13.0. The number of Topliss-reactive ketones (excluding diaryl/α,β-unsaturated/α-hetero) is 1. The van der Waals surface area contributed by atoms with Crippen LogP contribution in [0.1, 0.15) is 23.7 Å². The third-order valence-corrected chi connectivity index (χ3v) is 9.73. The van der Waals surface area contributed by atoms with Crippen LogP contribution in [0.4, 0.5) is 0 Å². The van der Waals surface area contributed by atoms with E-state index in [4.69, 9.17) is 16.3 Å². The SMILES string of the molecule is O=C(CCl)CC(=O)NC1C(=O)N2C(C(=O)OC(c3ccccc3)c3ccccc3)=C(CSc3ncns3)CS[C@@H]12. The molecule has 2 amide bonds. The van der Waals surface area contributed by atoms with Crippen molar-refractivity contribution in [3.8, 4) is 0 Å². The van der Waals surface area contributed by atoms with Gasteiger partial charge in [-0.25, -0.2) is 9.78 Å². The minimum atomic E-state index is -0.861. The Balaban J connectivity index is 1.42. The third-order valence-electron chi connectivity index (χ3n) is 6.20. The lowest BCUT2D eigenvalue weighted by Crippen LogP contribution is -2.70. The summed E-state index contributed by atoms with van der Waals surface area (Å²) in [4.78, 5) is 56.7. The summed E-state index contributed by atoms with van der Waals surface area (Å²) in [5, 5.41) is 2.12. The quantitative estimate of drug-likeness (QED) is 0.113. The van der Waals surface area contributed by atoms with Gasteiger partial charge in [0.2, 0.25) is 5.91 Å². The Morgan fingerprint density at radius 1 is 1.10 bits per heavy atom. The van der Waals surface area contributed by atoms with Crippen LogP contribution in [0.25, 0.3) is 0 Å². The minimum Gasteiger partial charge on any atom is -0.448 e. The fraction of sp³-hybridized carbons (Fsp3) is 0.259. The van der Waals surface area contributed by atoms with Crippen LogP contribution in [0, 0.1) is 0 Å². The number of amides is 2. The molecule has 206 valence electrons. The van der Waals surface area contributed by atoms with Gasteiger partial charge in [0, 0.05) is 11.5 Å². The maximum atomic E-state index is 13.9. The Morgan fingerprint density at radius 2 is 1.77 bits per heavy atom. The molecule has 40 heavy (non-hydrogen) atoms. The van der Waals surface area contributed by atoms with Crippen LogP contribution in [0.3, 0.4) is 0 Å². The second-order valence-electron chi connectivity index (χ2n) is 8.86. The van der Waals surface area contributed by atoms with E-state index in [0.29, 0.717) is 11.5 Å². The van der Waals surface area contributed by atoms with E-state index in [2.05, 4.69) is 14.7 Å². The maximum absolute atomic E-state index is 13.9. The van der Waals surface area contributed by atoms with Gasteiger partial charge >= 0.3 is 5.97 Å². The van der Waals surface area contributed by atoms with E-state index in [1.54, 1.807) is 0 Å². The van der Waals surface area contributed by atoms with E-state index in [9.17, 15) is 19.2 Å². The number of fused-ring (bicyclic) bond motifs is 1. The predicted octanol–water partition coefficient (Wildman–Crippen LogP) is 3.82. The molecule has 2 aliphatic heterocycles. The zero-order valence-electron chi connectivity index (χ0n) is 20.9. The van der Waals surface area contributed by atoms with Gasteiger partial charge in [-0.2, -0.15) is 4.37 Å². The number of hydrogen-bond acceptors (Lipinski definition) is 10. The summed E-state index contributed by atoms with van der Waals surface area (Å²) in [6.07, 6.45) is 0.365. The number of hydrogen-bond donors (Lipinski definition) is 1. The molecule has 9 nitrogen and oxygen atoms in total. The maximum Gasteiger partial charge on any atom is 0.356 e. The number of alkyl halides is 1. The lowest BCUT2D eigenvalue weighted by Gasteiger charge is -2.49. The molecule has 2 atom stereocenters. The van der Waals surface area contributed by atoms with Crippen molar-refractivity contribution >= 4 is 70.2 Å². The van der Waals surface area contributed by atoms with E-state index in [0.717, 1.165) is 21.0 Å². The second-order valence-corrected chi connectivity index (χ2v) is 12.2. The van der Waals surface area contributed by atoms with Crippen LogP contribution in [0.15, 0.2) is 82.6 Å². The first kappa shape index (κ1) is 28.3. The van der Waals surface area contributed by atoms with Crippen molar-refractivity contribution in [1.29, 1.82) is 0 Å². The molecule has 0 spiro atoms. The van der Waals surface area contributed by atoms with E-state index < -0.39 is 47.5 Å². The van der Waals surface area contributed by atoms with Crippen molar-refractivity contribution in [1.82, 2.24) is 19.6 Å². The van der Waals surface area contributed by atoms with Crippen molar-refractivity contribution in [3.63, 3.8) is 0 Å². The zero-order valence-corrected chi connectivity index (χ0v) is 24.1. The molecule has 1 N–H and O–H groups in total. The Kier molecular flexibility index (Phi) is 9.20. The molecule has 1 fully saturated rings. The van der Waals surface area contributed by atoms with Crippen LogP contribution in [-0.2, 0) is 23.9 Å². The monoisotopic (exact) mass is 614 g/mol. The Bertz CT molecular complexity index is 1380. The Labute approximate surface area is 247 Å². The number of nitrogens with zero attached hydrogens (tertiary/aromatic N) is 3. The van der Waals surface area contributed by atoms with E-state index in [-0.39, 0.29) is 11.6 Å². The first-order chi connectivity index (χ1) is 19.5. The summed E-state index contributed by atoms with van der Waals surface area (Å²) in [5.41, 5.74) is 2.48. The molecule has 1 unspecified atom stereocenters. The standard InChI is InChI=1S/C27H23ClN4O5S3/c28-12-19(33)11-20(34)31-21-24(35)32-22(18(13-38-25(21)32)14-39-27-29-15-30-40-27)26(36)37-23(16-7-3-1-4-8-16)17-9-5-2-6-10-17/h1-10,15,21,23,25H,11-14H2,(H,31,34)/t21?,25-/m0/s1. The van der Waals surface area contributed by atoms with Gasteiger partial charge in [-0.15, -0.1) is 23.4 Å². The van der Waals surface area contributed by atoms with Gasteiger partial charge in [0.1, 0.15) is 23.4 Å². The number of ketones is 1. The van der Waals surface area contributed by atoms with Gasteiger partial charge in [-0.05, 0) is 28.2 Å². The summed E-state index contributed by atoms with van der Waals surface area (Å²) in [6.45, 7) is 0. The fourth-order valence-corrected chi connectivity index (χ4v) is 7.38. The highest BCUT2D eigenvalue weighted by molar-refractivity contribution is 8.01. The average molecular weight is 615 g/mol. The van der Waals surface area contributed by atoms with Gasteiger partial charge in [0.25, 0.3) is 5.91 Å². The number of halogens is 1. The molecule has 5 rings (SSSR count). The normalized spacial score (nSPS) is 18.2. The summed E-state index contributed by atoms with van der Waals surface area (Å²) in [7, 11) is 0. The topological polar surface area (TPSA) is 119 Å². The summed E-state index contributed by atoms with van der Waals surface area (Å²) in [6, 6.07) is 17.9. The lowest BCUT2D eigenvalue weighted by atomic mass is 10.0. The number of rotatable bonds is 11. The molecular weight excluding hydrogens is 592 g/mol.